The highest BCUT2D eigenvalue weighted by molar-refractivity contribution is 7.12. The number of anilines is 1. The Morgan fingerprint density at radius 1 is 1.40 bits per heavy atom. The highest BCUT2D eigenvalue weighted by Crippen LogP contribution is 2.17. The second kappa shape index (κ2) is 4.18. The van der Waals surface area contributed by atoms with Crippen molar-refractivity contribution in [2.24, 2.45) is 0 Å². The van der Waals surface area contributed by atoms with E-state index in [0.29, 0.717) is 5.69 Å². The molecule has 2 heterocycles. The molecule has 5 heteroatoms. The summed E-state index contributed by atoms with van der Waals surface area (Å²) < 4.78 is 0. The van der Waals surface area contributed by atoms with Gasteiger partial charge in [0.15, 0.2) is 0 Å². The van der Waals surface area contributed by atoms with Crippen molar-refractivity contribution in [2.75, 3.05) is 5.32 Å². The summed E-state index contributed by atoms with van der Waals surface area (Å²) in [6, 6.07) is 3.62. The van der Waals surface area contributed by atoms with Crippen LogP contribution in [0.25, 0.3) is 0 Å². The van der Waals surface area contributed by atoms with Crippen LogP contribution < -0.4 is 5.32 Å². The molecule has 2 aromatic heterocycles. The average Bonchev–Trinajstić information content (AvgIpc) is 2.66. The lowest BCUT2D eigenvalue weighted by Gasteiger charge is -2.02. The van der Waals surface area contributed by atoms with Gasteiger partial charge in [0.2, 0.25) is 0 Å². The quantitative estimate of drug-likeness (QED) is 0.841. The average molecular weight is 219 g/mol. The van der Waals surface area contributed by atoms with Crippen molar-refractivity contribution in [3.05, 3.63) is 40.3 Å². The molecule has 0 atom stereocenters. The molecule has 1 amide bonds. The molecule has 2 rings (SSSR count). The lowest BCUT2D eigenvalue weighted by atomic mass is 10.3. The van der Waals surface area contributed by atoms with E-state index >= 15 is 0 Å². The molecule has 0 aliphatic rings. The number of nitrogens with zero attached hydrogens (tertiary/aromatic N) is 2. The van der Waals surface area contributed by atoms with Gasteiger partial charge in [-0.15, -0.1) is 11.3 Å². The van der Waals surface area contributed by atoms with Crippen molar-refractivity contribution in [2.45, 2.75) is 6.92 Å². The van der Waals surface area contributed by atoms with Gasteiger partial charge in [-0.25, -0.2) is 0 Å². The molecular formula is C10H9N3OS. The number of thiophene rings is 1. The summed E-state index contributed by atoms with van der Waals surface area (Å²) in [6.07, 6.45) is 3.05. The third kappa shape index (κ3) is 2.19. The Hall–Kier alpha value is -1.75. The lowest BCUT2D eigenvalue weighted by molar-refractivity contribution is 0.103. The molecule has 4 nitrogen and oxygen atoms in total. The smallest absolute Gasteiger partial charge is 0.266 e. The van der Waals surface area contributed by atoms with Gasteiger partial charge in [-0.2, -0.15) is 10.2 Å². The number of nitrogens with one attached hydrogen (secondary N) is 1. The summed E-state index contributed by atoms with van der Waals surface area (Å²) in [7, 11) is 0. The van der Waals surface area contributed by atoms with Crippen LogP contribution in [0.2, 0.25) is 0 Å². The second-order valence-electron chi connectivity index (χ2n) is 3.02. The molecule has 1 N–H and O–H groups in total. The van der Waals surface area contributed by atoms with Crippen LogP contribution in [0.1, 0.15) is 15.2 Å². The SMILES string of the molecule is Cc1ccsc1C(=O)Nc1ccnnc1. The summed E-state index contributed by atoms with van der Waals surface area (Å²) in [5.74, 6) is -0.101. The molecule has 0 spiro atoms. The first-order valence-electron chi connectivity index (χ1n) is 4.39. The van der Waals surface area contributed by atoms with Crippen LogP contribution in [-0.4, -0.2) is 16.1 Å². The van der Waals surface area contributed by atoms with E-state index in [1.807, 2.05) is 18.4 Å². The Bertz CT molecular complexity index is 467. The predicted octanol–water partition coefficient (Wildman–Crippen LogP) is 2.10. The van der Waals surface area contributed by atoms with Crippen LogP contribution in [0.4, 0.5) is 5.69 Å². The number of aryl methyl sites for hydroxylation is 1. The van der Waals surface area contributed by atoms with Crippen molar-refractivity contribution in [1.82, 2.24) is 10.2 Å². The molecule has 15 heavy (non-hydrogen) atoms. The third-order valence-corrected chi connectivity index (χ3v) is 2.93. The Kier molecular flexibility index (Phi) is 2.73. The summed E-state index contributed by atoms with van der Waals surface area (Å²) >= 11 is 1.43. The summed E-state index contributed by atoms with van der Waals surface area (Å²) in [6.45, 7) is 1.91. The summed E-state index contributed by atoms with van der Waals surface area (Å²) in [4.78, 5) is 12.5. The van der Waals surface area contributed by atoms with Crippen LogP contribution >= 0.6 is 11.3 Å². The normalized spacial score (nSPS) is 9.93. The number of aromatic nitrogens is 2. The van der Waals surface area contributed by atoms with Gasteiger partial charge < -0.3 is 5.32 Å². The van der Waals surface area contributed by atoms with Gasteiger partial charge in [0.05, 0.1) is 23.0 Å². The fourth-order valence-corrected chi connectivity index (χ4v) is 1.98. The standard InChI is InChI=1S/C10H9N3OS/c1-7-3-5-15-9(7)10(14)13-8-2-4-11-12-6-8/h2-6H,1H3,(H,11,13,14). The summed E-state index contributed by atoms with van der Waals surface area (Å²) in [5.41, 5.74) is 1.64. The Morgan fingerprint density at radius 2 is 2.27 bits per heavy atom. The highest BCUT2D eigenvalue weighted by atomic mass is 32.1. The van der Waals surface area contributed by atoms with Crippen LogP contribution in [0.5, 0.6) is 0 Å². The number of hydrogen-bond donors (Lipinski definition) is 1. The minimum atomic E-state index is -0.101. The van der Waals surface area contributed by atoms with E-state index in [1.54, 1.807) is 6.07 Å². The predicted molar refractivity (Wildman–Crippen MR) is 59.0 cm³/mol. The molecule has 0 aliphatic carbocycles. The van der Waals surface area contributed by atoms with Crippen molar-refractivity contribution >= 4 is 22.9 Å². The topological polar surface area (TPSA) is 54.9 Å². The zero-order valence-corrected chi connectivity index (χ0v) is 8.91. The third-order valence-electron chi connectivity index (χ3n) is 1.91. The van der Waals surface area contributed by atoms with E-state index in [0.717, 1.165) is 10.4 Å². The molecular weight excluding hydrogens is 210 g/mol. The van der Waals surface area contributed by atoms with Crippen molar-refractivity contribution in [1.29, 1.82) is 0 Å². The first kappa shape index (κ1) is 9.79. The van der Waals surface area contributed by atoms with E-state index in [-0.39, 0.29) is 5.91 Å². The molecule has 0 saturated carbocycles. The monoisotopic (exact) mass is 219 g/mol. The largest absolute Gasteiger partial charge is 0.320 e. The number of hydrogen-bond acceptors (Lipinski definition) is 4. The van der Waals surface area contributed by atoms with Crippen molar-refractivity contribution in [3.63, 3.8) is 0 Å². The van der Waals surface area contributed by atoms with E-state index in [2.05, 4.69) is 15.5 Å². The maximum Gasteiger partial charge on any atom is 0.266 e. The van der Waals surface area contributed by atoms with Crippen LogP contribution in [0, 0.1) is 6.92 Å². The zero-order chi connectivity index (χ0) is 10.7. The molecule has 0 bridgehead atoms. The van der Waals surface area contributed by atoms with Crippen LogP contribution in [0.3, 0.4) is 0 Å². The van der Waals surface area contributed by atoms with Crippen LogP contribution in [0.15, 0.2) is 29.9 Å². The fourth-order valence-electron chi connectivity index (χ4n) is 1.16. The van der Waals surface area contributed by atoms with E-state index < -0.39 is 0 Å². The molecule has 0 saturated heterocycles. The lowest BCUT2D eigenvalue weighted by Crippen LogP contribution is -2.11. The molecule has 0 radical (unpaired) electrons. The maximum absolute atomic E-state index is 11.7. The number of carbonyl (C=O) groups excluding carboxylic acids is 1. The van der Waals surface area contributed by atoms with Gasteiger partial charge in [0.25, 0.3) is 5.91 Å². The van der Waals surface area contributed by atoms with Gasteiger partial charge in [-0.3, -0.25) is 4.79 Å². The minimum Gasteiger partial charge on any atom is -0.320 e. The molecule has 0 fully saturated rings. The zero-order valence-electron chi connectivity index (χ0n) is 8.10. The first-order valence-corrected chi connectivity index (χ1v) is 5.27. The maximum atomic E-state index is 11.7. The number of carbonyl (C=O) groups is 1. The van der Waals surface area contributed by atoms with Crippen molar-refractivity contribution in [3.8, 4) is 0 Å². The van der Waals surface area contributed by atoms with E-state index in [9.17, 15) is 4.79 Å². The Labute approximate surface area is 91.0 Å². The molecule has 2 aromatic rings. The second-order valence-corrected chi connectivity index (χ2v) is 3.93. The Balaban J connectivity index is 2.15. The number of amides is 1. The van der Waals surface area contributed by atoms with Gasteiger partial charge in [0, 0.05) is 0 Å². The van der Waals surface area contributed by atoms with E-state index in [4.69, 9.17) is 0 Å². The molecule has 76 valence electrons. The molecule has 0 aliphatic heterocycles. The summed E-state index contributed by atoms with van der Waals surface area (Å²) in [5, 5.41) is 12.0. The minimum absolute atomic E-state index is 0.101. The first-order chi connectivity index (χ1) is 7.27. The number of rotatable bonds is 2. The van der Waals surface area contributed by atoms with Crippen molar-refractivity contribution < 1.29 is 4.79 Å². The van der Waals surface area contributed by atoms with Crippen LogP contribution in [-0.2, 0) is 0 Å². The van der Waals surface area contributed by atoms with Gasteiger partial charge >= 0.3 is 0 Å². The highest BCUT2D eigenvalue weighted by Gasteiger charge is 2.10. The molecule has 0 aromatic carbocycles. The van der Waals surface area contributed by atoms with Gasteiger partial charge in [0.1, 0.15) is 0 Å². The van der Waals surface area contributed by atoms with E-state index in [1.165, 1.54) is 23.7 Å². The van der Waals surface area contributed by atoms with Gasteiger partial charge in [-0.1, -0.05) is 0 Å². The molecule has 0 unspecified atom stereocenters. The van der Waals surface area contributed by atoms with Gasteiger partial charge in [-0.05, 0) is 30.0 Å². The Morgan fingerprint density at radius 3 is 2.87 bits per heavy atom. The fraction of sp³-hybridized carbons (Fsp3) is 0.100.